The first-order valence-electron chi connectivity index (χ1n) is 7.29. The lowest BCUT2D eigenvalue weighted by atomic mass is 10.0. The van der Waals surface area contributed by atoms with Crippen LogP contribution in [0.15, 0.2) is 36.5 Å². The minimum absolute atomic E-state index is 0.117. The van der Waals surface area contributed by atoms with Crippen molar-refractivity contribution in [1.29, 1.82) is 0 Å². The van der Waals surface area contributed by atoms with E-state index in [4.69, 9.17) is 0 Å². The van der Waals surface area contributed by atoms with Crippen molar-refractivity contribution in [2.24, 2.45) is 0 Å². The Morgan fingerprint density at radius 1 is 1.36 bits per heavy atom. The number of nitrogens with one attached hydrogen (secondary N) is 2. The van der Waals surface area contributed by atoms with Crippen molar-refractivity contribution in [3.8, 4) is 5.69 Å². The molecular formula is C16H22N4O2. The maximum absolute atomic E-state index is 12.1. The summed E-state index contributed by atoms with van der Waals surface area (Å²) < 4.78 is 1.68. The van der Waals surface area contributed by atoms with Crippen LogP contribution >= 0.6 is 0 Å². The molecule has 0 aliphatic rings. The number of para-hydroxylation sites is 1. The molecule has 118 valence electrons. The molecule has 0 radical (unpaired) electrons. The number of carbonyl (C=O) groups excluding carboxylic acids is 1. The first-order chi connectivity index (χ1) is 10.5. The Labute approximate surface area is 130 Å². The van der Waals surface area contributed by atoms with Crippen LogP contribution in [-0.2, 0) is 0 Å². The van der Waals surface area contributed by atoms with Gasteiger partial charge < -0.3 is 10.4 Å². The van der Waals surface area contributed by atoms with Crippen LogP contribution in [0.2, 0.25) is 0 Å². The van der Waals surface area contributed by atoms with Crippen LogP contribution in [0.4, 0.5) is 10.6 Å². The normalized spacial score (nSPS) is 13.5. The number of urea groups is 1. The second-order valence-corrected chi connectivity index (χ2v) is 5.57. The predicted octanol–water partition coefficient (Wildman–Crippen LogP) is 2.46. The van der Waals surface area contributed by atoms with Gasteiger partial charge >= 0.3 is 6.03 Å². The Balaban J connectivity index is 2.17. The van der Waals surface area contributed by atoms with Crippen molar-refractivity contribution in [3.63, 3.8) is 0 Å². The zero-order chi connectivity index (χ0) is 16.2. The highest BCUT2D eigenvalue weighted by Crippen LogP contribution is 2.18. The molecule has 6 nitrogen and oxygen atoms in total. The molecule has 1 aromatic heterocycles. The van der Waals surface area contributed by atoms with E-state index >= 15 is 0 Å². The number of rotatable bonds is 5. The van der Waals surface area contributed by atoms with Crippen molar-refractivity contribution in [2.75, 3.05) is 11.9 Å². The third-order valence-corrected chi connectivity index (χ3v) is 3.77. The quantitative estimate of drug-likeness (QED) is 0.794. The molecule has 1 aromatic carbocycles. The highest BCUT2D eigenvalue weighted by Gasteiger charge is 2.23. The second kappa shape index (κ2) is 6.62. The van der Waals surface area contributed by atoms with Gasteiger partial charge in [0.05, 0.1) is 24.0 Å². The summed E-state index contributed by atoms with van der Waals surface area (Å²) in [5.41, 5.74) is 1.32. The van der Waals surface area contributed by atoms with Crippen molar-refractivity contribution in [2.45, 2.75) is 32.7 Å². The number of carbonyl (C=O) groups is 1. The Kier molecular flexibility index (Phi) is 4.82. The van der Waals surface area contributed by atoms with Gasteiger partial charge in [0.25, 0.3) is 0 Å². The van der Waals surface area contributed by atoms with Crippen LogP contribution in [0.1, 0.15) is 25.8 Å². The van der Waals surface area contributed by atoms with Gasteiger partial charge in [-0.3, -0.25) is 5.32 Å². The summed E-state index contributed by atoms with van der Waals surface area (Å²) in [4.78, 5) is 12.1. The van der Waals surface area contributed by atoms with E-state index in [1.54, 1.807) is 23.9 Å². The molecule has 2 rings (SSSR count). The molecule has 0 fully saturated rings. The monoisotopic (exact) mass is 302 g/mol. The Morgan fingerprint density at radius 2 is 2.09 bits per heavy atom. The van der Waals surface area contributed by atoms with Gasteiger partial charge in [0.1, 0.15) is 5.82 Å². The largest absolute Gasteiger partial charge is 0.394 e. The summed E-state index contributed by atoms with van der Waals surface area (Å²) in [5, 5.41) is 19.2. The summed E-state index contributed by atoms with van der Waals surface area (Å²) in [6.07, 6.45) is 2.26. The molecule has 6 heteroatoms. The SMILES string of the molecule is CC[C@](C)(CO)NC(=O)Nc1ccnn1-c1ccccc1C. The number of aryl methyl sites for hydroxylation is 1. The van der Waals surface area contributed by atoms with Crippen LogP contribution < -0.4 is 10.6 Å². The maximum atomic E-state index is 12.1. The fourth-order valence-corrected chi connectivity index (χ4v) is 2.05. The maximum Gasteiger partial charge on any atom is 0.320 e. The lowest BCUT2D eigenvalue weighted by molar-refractivity contribution is 0.172. The molecule has 1 atom stereocenters. The van der Waals surface area contributed by atoms with Crippen molar-refractivity contribution < 1.29 is 9.90 Å². The fraction of sp³-hybridized carbons (Fsp3) is 0.375. The molecule has 0 saturated heterocycles. The van der Waals surface area contributed by atoms with Crippen molar-refractivity contribution in [3.05, 3.63) is 42.1 Å². The van der Waals surface area contributed by atoms with Gasteiger partial charge in [-0.15, -0.1) is 0 Å². The average Bonchev–Trinajstić information content (AvgIpc) is 2.95. The minimum atomic E-state index is -0.641. The number of hydrogen-bond acceptors (Lipinski definition) is 3. The van der Waals surface area contributed by atoms with E-state index in [2.05, 4.69) is 15.7 Å². The van der Waals surface area contributed by atoms with E-state index < -0.39 is 5.54 Å². The van der Waals surface area contributed by atoms with Gasteiger partial charge in [-0.05, 0) is 31.9 Å². The number of hydrogen-bond donors (Lipinski definition) is 3. The zero-order valence-corrected chi connectivity index (χ0v) is 13.1. The average molecular weight is 302 g/mol. The molecule has 0 unspecified atom stereocenters. The van der Waals surface area contributed by atoms with Gasteiger partial charge in [-0.25, -0.2) is 9.48 Å². The smallest absolute Gasteiger partial charge is 0.320 e. The van der Waals surface area contributed by atoms with E-state index in [9.17, 15) is 9.90 Å². The molecule has 0 aliphatic heterocycles. The zero-order valence-electron chi connectivity index (χ0n) is 13.1. The summed E-state index contributed by atoms with van der Waals surface area (Å²) in [5.74, 6) is 0.572. The van der Waals surface area contributed by atoms with Gasteiger partial charge in [0.15, 0.2) is 0 Å². The summed E-state index contributed by atoms with van der Waals surface area (Å²) in [6, 6.07) is 9.17. The van der Waals surface area contributed by atoms with Crippen LogP contribution in [-0.4, -0.2) is 33.1 Å². The highest BCUT2D eigenvalue weighted by molar-refractivity contribution is 5.89. The molecule has 0 aliphatic carbocycles. The summed E-state index contributed by atoms with van der Waals surface area (Å²) in [6.45, 7) is 5.58. The van der Waals surface area contributed by atoms with E-state index in [1.807, 2.05) is 38.1 Å². The fourth-order valence-electron chi connectivity index (χ4n) is 2.05. The number of anilines is 1. The van der Waals surface area contributed by atoms with Crippen LogP contribution in [0.3, 0.4) is 0 Å². The first-order valence-corrected chi connectivity index (χ1v) is 7.29. The Morgan fingerprint density at radius 3 is 2.73 bits per heavy atom. The molecule has 3 N–H and O–H groups in total. The third kappa shape index (κ3) is 3.46. The number of nitrogens with zero attached hydrogens (tertiary/aromatic N) is 2. The Bertz CT molecular complexity index is 647. The van der Waals surface area contributed by atoms with E-state index in [1.165, 1.54) is 0 Å². The first kappa shape index (κ1) is 16.0. The lowest BCUT2D eigenvalue weighted by Gasteiger charge is -2.27. The number of aliphatic hydroxyl groups excluding tert-OH is 1. The van der Waals surface area contributed by atoms with E-state index in [-0.39, 0.29) is 12.6 Å². The number of amides is 2. The standard InChI is InChI=1S/C16H22N4O2/c1-4-16(3,11-21)19-15(22)18-14-9-10-17-20(14)13-8-6-5-7-12(13)2/h5-10,21H,4,11H2,1-3H3,(H2,18,19,22)/t16-/m1/s1. The van der Waals surface area contributed by atoms with Crippen LogP contribution in [0.5, 0.6) is 0 Å². The van der Waals surface area contributed by atoms with Crippen LogP contribution in [0, 0.1) is 6.92 Å². The number of benzene rings is 1. The minimum Gasteiger partial charge on any atom is -0.394 e. The second-order valence-electron chi connectivity index (χ2n) is 5.57. The van der Waals surface area contributed by atoms with Crippen LogP contribution in [0.25, 0.3) is 5.69 Å². The lowest BCUT2D eigenvalue weighted by Crippen LogP contribution is -2.50. The number of aromatic nitrogens is 2. The summed E-state index contributed by atoms with van der Waals surface area (Å²) >= 11 is 0. The Hall–Kier alpha value is -2.34. The van der Waals surface area contributed by atoms with Gasteiger partial charge in [-0.1, -0.05) is 25.1 Å². The van der Waals surface area contributed by atoms with Crippen molar-refractivity contribution in [1.82, 2.24) is 15.1 Å². The predicted molar refractivity (Wildman–Crippen MR) is 86.2 cm³/mol. The molecule has 0 spiro atoms. The molecule has 0 saturated carbocycles. The third-order valence-electron chi connectivity index (χ3n) is 3.77. The van der Waals surface area contributed by atoms with E-state index in [0.29, 0.717) is 12.2 Å². The van der Waals surface area contributed by atoms with Gasteiger partial charge in [0, 0.05) is 6.07 Å². The molecule has 1 heterocycles. The van der Waals surface area contributed by atoms with E-state index in [0.717, 1.165) is 11.3 Å². The van der Waals surface area contributed by atoms with Crippen molar-refractivity contribution >= 4 is 11.8 Å². The molecule has 0 bridgehead atoms. The highest BCUT2D eigenvalue weighted by atomic mass is 16.3. The topological polar surface area (TPSA) is 79.2 Å². The number of aliphatic hydroxyl groups is 1. The molecule has 2 aromatic rings. The van der Waals surface area contributed by atoms with Gasteiger partial charge in [0.2, 0.25) is 0 Å². The molecule has 2 amide bonds. The van der Waals surface area contributed by atoms with Gasteiger partial charge in [-0.2, -0.15) is 5.10 Å². The molecular weight excluding hydrogens is 280 g/mol. The molecule has 22 heavy (non-hydrogen) atoms. The summed E-state index contributed by atoms with van der Waals surface area (Å²) in [7, 11) is 0.